The van der Waals surface area contributed by atoms with Gasteiger partial charge < -0.3 is 10.1 Å². The van der Waals surface area contributed by atoms with Gasteiger partial charge in [-0.05, 0) is 12.0 Å². The lowest BCUT2D eigenvalue weighted by Crippen LogP contribution is -2.13. The van der Waals surface area contributed by atoms with Gasteiger partial charge in [0.05, 0.1) is 17.6 Å². The van der Waals surface area contributed by atoms with E-state index in [0.29, 0.717) is 12.3 Å². The number of alkyl halides is 1. The minimum absolute atomic E-state index is 0.102. The standard InChI is InChI=1S/C15H18BrN3O2/c1-21-11-14-13(17-15(20)9-16)10-19(18-14)8-7-12-5-3-2-4-6-12/h2-6,10H,7-9,11H2,1H3,(H,17,20). The van der Waals surface area contributed by atoms with Gasteiger partial charge in [0.1, 0.15) is 5.69 Å². The zero-order valence-electron chi connectivity index (χ0n) is 11.9. The summed E-state index contributed by atoms with van der Waals surface area (Å²) in [4.78, 5) is 11.5. The quantitative estimate of drug-likeness (QED) is 0.780. The van der Waals surface area contributed by atoms with Gasteiger partial charge in [0.15, 0.2) is 0 Å². The molecular formula is C15H18BrN3O2. The number of methoxy groups -OCH3 is 1. The summed E-state index contributed by atoms with van der Waals surface area (Å²) in [5.41, 5.74) is 2.70. The molecule has 6 heteroatoms. The Balaban J connectivity index is 2.05. The van der Waals surface area contributed by atoms with Gasteiger partial charge in [0, 0.05) is 19.9 Å². The Bertz CT molecular complexity index is 584. The summed E-state index contributed by atoms with van der Waals surface area (Å²) in [6.07, 6.45) is 2.73. The van der Waals surface area contributed by atoms with Crippen molar-refractivity contribution in [1.29, 1.82) is 0 Å². The number of benzene rings is 1. The monoisotopic (exact) mass is 351 g/mol. The molecule has 5 nitrogen and oxygen atoms in total. The number of aromatic nitrogens is 2. The van der Waals surface area contributed by atoms with Gasteiger partial charge in [-0.3, -0.25) is 9.48 Å². The van der Waals surface area contributed by atoms with Crippen LogP contribution in [0, 0.1) is 0 Å². The lowest BCUT2D eigenvalue weighted by atomic mass is 10.1. The summed E-state index contributed by atoms with van der Waals surface area (Å²) < 4.78 is 6.96. The summed E-state index contributed by atoms with van der Waals surface area (Å²) in [6, 6.07) is 10.2. The molecule has 0 fully saturated rings. The Labute approximate surface area is 132 Å². The Morgan fingerprint density at radius 2 is 2.14 bits per heavy atom. The molecule has 1 heterocycles. The van der Waals surface area contributed by atoms with E-state index in [1.807, 2.05) is 29.1 Å². The molecule has 0 unspecified atom stereocenters. The van der Waals surface area contributed by atoms with Gasteiger partial charge in [-0.15, -0.1) is 0 Å². The third-order valence-electron chi connectivity index (χ3n) is 2.99. The summed E-state index contributed by atoms with van der Waals surface area (Å²) in [7, 11) is 1.61. The predicted octanol–water partition coefficient (Wildman–Crippen LogP) is 2.61. The van der Waals surface area contributed by atoms with Gasteiger partial charge in [0.25, 0.3) is 0 Å². The molecule has 0 radical (unpaired) electrons. The number of nitrogens with zero attached hydrogens (tertiary/aromatic N) is 2. The highest BCUT2D eigenvalue weighted by molar-refractivity contribution is 9.09. The van der Waals surface area contributed by atoms with Crippen molar-refractivity contribution in [3.8, 4) is 0 Å². The number of carbonyl (C=O) groups excluding carboxylic acids is 1. The summed E-state index contributed by atoms with van der Waals surface area (Å²) in [5.74, 6) is -0.102. The van der Waals surface area contributed by atoms with Crippen molar-refractivity contribution < 1.29 is 9.53 Å². The molecule has 0 atom stereocenters. The molecule has 0 aliphatic heterocycles. The van der Waals surface area contributed by atoms with Crippen molar-refractivity contribution in [2.24, 2.45) is 0 Å². The van der Waals surface area contributed by atoms with Crippen LogP contribution in [0.2, 0.25) is 0 Å². The molecule has 21 heavy (non-hydrogen) atoms. The highest BCUT2D eigenvalue weighted by atomic mass is 79.9. The molecule has 0 bridgehead atoms. The molecule has 2 rings (SSSR count). The number of carbonyl (C=O) groups is 1. The topological polar surface area (TPSA) is 56.1 Å². The first-order valence-electron chi connectivity index (χ1n) is 6.68. The zero-order chi connectivity index (χ0) is 15.1. The van der Waals surface area contributed by atoms with Crippen LogP contribution in [-0.4, -0.2) is 28.1 Å². The first kappa shape index (κ1) is 15.7. The van der Waals surface area contributed by atoms with E-state index < -0.39 is 0 Å². The molecule has 0 aliphatic carbocycles. The van der Waals surface area contributed by atoms with Gasteiger partial charge in [0.2, 0.25) is 5.91 Å². The smallest absolute Gasteiger partial charge is 0.235 e. The zero-order valence-corrected chi connectivity index (χ0v) is 13.5. The number of halogens is 1. The highest BCUT2D eigenvalue weighted by Crippen LogP contribution is 2.15. The summed E-state index contributed by atoms with van der Waals surface area (Å²) in [5, 5.41) is 7.54. The maximum Gasteiger partial charge on any atom is 0.235 e. The second kappa shape index (κ2) is 7.95. The highest BCUT2D eigenvalue weighted by Gasteiger charge is 2.11. The molecule has 0 aliphatic rings. The number of aryl methyl sites for hydroxylation is 2. The SMILES string of the molecule is COCc1nn(CCc2ccccc2)cc1NC(=O)CBr. The van der Waals surface area contributed by atoms with Crippen LogP contribution < -0.4 is 5.32 Å². The lowest BCUT2D eigenvalue weighted by molar-refractivity contribution is -0.113. The fourth-order valence-corrected chi connectivity index (χ4v) is 2.14. The number of rotatable bonds is 7. The van der Waals surface area contributed by atoms with E-state index in [9.17, 15) is 4.79 Å². The normalized spacial score (nSPS) is 10.6. The van der Waals surface area contributed by atoms with E-state index in [1.54, 1.807) is 7.11 Å². The van der Waals surface area contributed by atoms with E-state index in [1.165, 1.54) is 5.56 Å². The Morgan fingerprint density at radius 3 is 2.81 bits per heavy atom. The van der Waals surface area contributed by atoms with Crippen molar-refractivity contribution in [3.63, 3.8) is 0 Å². The maximum absolute atomic E-state index is 11.5. The average molecular weight is 352 g/mol. The molecule has 0 saturated carbocycles. The van der Waals surface area contributed by atoms with Gasteiger partial charge in [-0.1, -0.05) is 46.3 Å². The van der Waals surface area contributed by atoms with Crippen LogP contribution in [0.25, 0.3) is 0 Å². The number of hydrogen-bond donors (Lipinski definition) is 1. The largest absolute Gasteiger partial charge is 0.378 e. The summed E-state index contributed by atoms with van der Waals surface area (Å²) in [6.45, 7) is 1.13. The van der Waals surface area contributed by atoms with Crippen LogP contribution in [0.3, 0.4) is 0 Å². The van der Waals surface area contributed by atoms with Gasteiger partial charge >= 0.3 is 0 Å². The first-order valence-corrected chi connectivity index (χ1v) is 7.80. The second-order valence-corrected chi connectivity index (χ2v) is 5.16. The molecule has 1 aromatic carbocycles. The predicted molar refractivity (Wildman–Crippen MR) is 85.5 cm³/mol. The summed E-state index contributed by atoms with van der Waals surface area (Å²) >= 11 is 3.13. The molecule has 1 N–H and O–H groups in total. The molecular weight excluding hydrogens is 334 g/mol. The van der Waals surface area contributed by atoms with Crippen LogP contribution in [0.15, 0.2) is 36.5 Å². The molecule has 2 aromatic rings. The van der Waals surface area contributed by atoms with Gasteiger partial charge in [-0.2, -0.15) is 5.10 Å². The first-order chi connectivity index (χ1) is 10.2. The van der Waals surface area contributed by atoms with Crippen LogP contribution in [0.4, 0.5) is 5.69 Å². The van der Waals surface area contributed by atoms with E-state index >= 15 is 0 Å². The number of anilines is 1. The Kier molecular flexibility index (Phi) is 5.95. The molecule has 1 amide bonds. The lowest BCUT2D eigenvalue weighted by Gasteiger charge is -2.01. The minimum Gasteiger partial charge on any atom is -0.378 e. The van der Waals surface area contributed by atoms with Crippen molar-refractivity contribution in [2.45, 2.75) is 19.6 Å². The van der Waals surface area contributed by atoms with Crippen LogP contribution in [0.1, 0.15) is 11.3 Å². The Morgan fingerprint density at radius 1 is 1.38 bits per heavy atom. The molecule has 0 spiro atoms. The van der Waals surface area contributed by atoms with Crippen molar-refractivity contribution >= 4 is 27.5 Å². The average Bonchev–Trinajstić information content (AvgIpc) is 2.88. The fraction of sp³-hybridized carbons (Fsp3) is 0.333. The maximum atomic E-state index is 11.5. The number of hydrogen-bond acceptors (Lipinski definition) is 3. The number of amides is 1. The van der Waals surface area contributed by atoms with E-state index in [4.69, 9.17) is 4.74 Å². The number of ether oxygens (including phenoxy) is 1. The molecule has 1 aromatic heterocycles. The third-order valence-corrected chi connectivity index (χ3v) is 3.50. The van der Waals surface area contributed by atoms with Crippen LogP contribution in [0.5, 0.6) is 0 Å². The van der Waals surface area contributed by atoms with Crippen molar-refractivity contribution in [1.82, 2.24) is 9.78 Å². The Hall–Kier alpha value is -1.66. The minimum atomic E-state index is -0.102. The second-order valence-electron chi connectivity index (χ2n) is 4.60. The number of nitrogens with one attached hydrogen (secondary N) is 1. The molecule has 0 saturated heterocycles. The van der Waals surface area contributed by atoms with Gasteiger partial charge in [-0.25, -0.2) is 0 Å². The van der Waals surface area contributed by atoms with Crippen LogP contribution in [-0.2, 0) is 29.1 Å². The van der Waals surface area contributed by atoms with E-state index in [2.05, 4.69) is 38.5 Å². The van der Waals surface area contributed by atoms with Crippen molar-refractivity contribution in [3.05, 3.63) is 47.8 Å². The van der Waals surface area contributed by atoms with Crippen LogP contribution >= 0.6 is 15.9 Å². The van der Waals surface area contributed by atoms with E-state index in [0.717, 1.165) is 18.7 Å². The molecule has 112 valence electrons. The fourth-order valence-electron chi connectivity index (χ4n) is 2.00. The van der Waals surface area contributed by atoms with E-state index in [-0.39, 0.29) is 11.2 Å². The van der Waals surface area contributed by atoms with Crippen molar-refractivity contribution in [2.75, 3.05) is 17.8 Å². The third kappa shape index (κ3) is 4.68.